The van der Waals surface area contributed by atoms with E-state index >= 15 is 0 Å². The zero-order valence-electron chi connectivity index (χ0n) is 30.5. The maximum absolute atomic E-state index is 2.53. The average Bonchev–Trinajstić information content (AvgIpc) is 3.77. The largest absolute Gasteiger partial charge is 0.0622 e. The fourth-order valence-electron chi connectivity index (χ4n) is 10.5. The minimum atomic E-state index is 1.24. The maximum Gasteiger partial charge on any atom is -0.000697 e. The third kappa shape index (κ3) is 3.93. The molecule has 0 aliphatic carbocycles. The van der Waals surface area contributed by atoms with E-state index in [9.17, 15) is 0 Å². The fourth-order valence-corrected chi connectivity index (χ4v) is 10.5. The molecule has 0 amide bonds. The molecule has 0 N–H and O–H groups in total. The minimum absolute atomic E-state index is 1.24. The lowest BCUT2D eigenvalue weighted by Gasteiger charge is -2.19. The predicted molar refractivity (Wildman–Crippen MR) is 243 cm³/mol. The van der Waals surface area contributed by atoms with Crippen molar-refractivity contribution in [2.75, 3.05) is 0 Å². The van der Waals surface area contributed by atoms with Crippen molar-refractivity contribution in [1.29, 1.82) is 0 Å². The summed E-state index contributed by atoms with van der Waals surface area (Å²) in [6.45, 7) is 0. The molecule has 0 unspecified atom stereocenters. The third-order valence-electron chi connectivity index (χ3n) is 12.7. The quantitative estimate of drug-likeness (QED) is 0.161. The van der Waals surface area contributed by atoms with Crippen LogP contribution >= 0.6 is 0 Å². The summed E-state index contributed by atoms with van der Waals surface area (Å²) in [4.78, 5) is 0. The zero-order valence-corrected chi connectivity index (χ0v) is 30.5. The molecule has 0 saturated carbocycles. The molecule has 0 radical (unpaired) electrons. The van der Waals surface area contributed by atoms with E-state index in [1.165, 1.54) is 130 Å². The first-order chi connectivity index (χ1) is 27.8. The highest BCUT2D eigenvalue weighted by Gasteiger charge is 2.27. The lowest BCUT2D eigenvalue weighted by atomic mass is 9.84. The zero-order chi connectivity index (χ0) is 36.5. The van der Waals surface area contributed by atoms with Crippen molar-refractivity contribution in [3.05, 3.63) is 194 Å². The highest BCUT2D eigenvalue weighted by molar-refractivity contribution is 6.46. The van der Waals surface area contributed by atoms with Crippen molar-refractivity contribution < 1.29 is 0 Å². The molecule has 56 heavy (non-hydrogen) atoms. The van der Waals surface area contributed by atoms with Crippen LogP contribution in [0.2, 0.25) is 0 Å². The molecule has 256 valence electrons. The SMILES string of the molecule is c1ccc(-c2c3cc4c5ccccc5c5cccc(c3c(-c3ccccc3)c3c6cc7cc(-c8cccc9ccccc89)ccc7c7cccc(c23)c76)c54)cc1. The van der Waals surface area contributed by atoms with Gasteiger partial charge >= 0.3 is 0 Å². The summed E-state index contributed by atoms with van der Waals surface area (Å²) < 4.78 is 0. The van der Waals surface area contributed by atoms with Crippen LogP contribution in [0.1, 0.15) is 0 Å². The van der Waals surface area contributed by atoms with E-state index in [1.807, 2.05) is 0 Å². The highest BCUT2D eigenvalue weighted by Crippen LogP contribution is 2.55. The van der Waals surface area contributed by atoms with Gasteiger partial charge in [0.25, 0.3) is 0 Å². The van der Waals surface area contributed by atoms with Gasteiger partial charge in [-0.15, -0.1) is 0 Å². The Kier molecular flexibility index (Phi) is 5.98. The van der Waals surface area contributed by atoms with E-state index in [2.05, 4.69) is 194 Å². The van der Waals surface area contributed by atoms with Crippen molar-refractivity contribution in [3.8, 4) is 33.4 Å². The number of rotatable bonds is 3. The van der Waals surface area contributed by atoms with Gasteiger partial charge in [0.2, 0.25) is 0 Å². The van der Waals surface area contributed by atoms with E-state index < -0.39 is 0 Å². The fraction of sp³-hybridized carbons (Fsp3) is 0. The second-order valence-electron chi connectivity index (χ2n) is 15.5. The summed E-state index contributed by atoms with van der Waals surface area (Å²) in [5.41, 5.74) is 7.63. The Bertz CT molecular complexity index is 3720. The molecular weight excluding hydrogens is 673 g/mol. The molecule has 0 aliphatic rings. The Balaban J connectivity index is 1.29. The van der Waals surface area contributed by atoms with Gasteiger partial charge in [0.05, 0.1) is 0 Å². The average molecular weight is 705 g/mol. The molecule has 0 heterocycles. The summed E-state index contributed by atoms with van der Waals surface area (Å²) in [6.07, 6.45) is 0. The second kappa shape index (κ2) is 11.1. The lowest BCUT2D eigenvalue weighted by Crippen LogP contribution is -1.91. The van der Waals surface area contributed by atoms with Crippen molar-refractivity contribution >= 4 is 97.0 Å². The Labute approximate surface area is 323 Å². The molecule has 0 saturated heterocycles. The van der Waals surface area contributed by atoms with Crippen LogP contribution in [0, 0.1) is 0 Å². The van der Waals surface area contributed by atoms with Crippen LogP contribution in [-0.2, 0) is 0 Å². The van der Waals surface area contributed by atoms with Gasteiger partial charge in [0.1, 0.15) is 0 Å². The Morgan fingerprint density at radius 2 is 0.732 bits per heavy atom. The van der Waals surface area contributed by atoms with E-state index in [1.54, 1.807) is 0 Å². The molecular formula is C56H32. The Morgan fingerprint density at radius 1 is 0.196 bits per heavy atom. The number of fused-ring (bicyclic) bond motifs is 11. The van der Waals surface area contributed by atoms with Gasteiger partial charge in [-0.1, -0.05) is 176 Å². The topological polar surface area (TPSA) is 0 Å². The molecule has 0 bridgehead atoms. The number of benzene rings is 11. The minimum Gasteiger partial charge on any atom is -0.0622 e. The van der Waals surface area contributed by atoms with Gasteiger partial charge < -0.3 is 0 Å². The molecule has 0 fully saturated rings. The van der Waals surface area contributed by atoms with Crippen molar-refractivity contribution in [2.45, 2.75) is 0 Å². The second-order valence-corrected chi connectivity index (χ2v) is 15.5. The van der Waals surface area contributed by atoms with E-state index in [-0.39, 0.29) is 0 Å². The van der Waals surface area contributed by atoms with Gasteiger partial charge in [-0.25, -0.2) is 0 Å². The first-order valence-corrected chi connectivity index (χ1v) is 19.6. The molecule has 0 aliphatic heterocycles. The summed E-state index contributed by atoms with van der Waals surface area (Å²) in [5.74, 6) is 0. The molecule has 13 aromatic rings. The van der Waals surface area contributed by atoms with Gasteiger partial charge in [-0.3, -0.25) is 0 Å². The molecule has 13 aromatic carbocycles. The van der Waals surface area contributed by atoms with Crippen molar-refractivity contribution in [2.24, 2.45) is 0 Å². The first kappa shape index (κ1) is 30.1. The Hall–Kier alpha value is -7.28. The van der Waals surface area contributed by atoms with Crippen LogP contribution in [0.4, 0.5) is 0 Å². The normalized spacial score (nSPS) is 12.3. The molecule has 13 rings (SSSR count). The van der Waals surface area contributed by atoms with E-state index in [0.717, 1.165) is 0 Å². The molecule has 0 spiro atoms. The van der Waals surface area contributed by atoms with Crippen molar-refractivity contribution in [1.82, 2.24) is 0 Å². The maximum atomic E-state index is 2.53. The molecule has 0 nitrogen and oxygen atoms in total. The van der Waals surface area contributed by atoms with Crippen LogP contribution < -0.4 is 0 Å². The molecule has 0 heteroatoms. The third-order valence-corrected chi connectivity index (χ3v) is 12.7. The van der Waals surface area contributed by atoms with Crippen molar-refractivity contribution in [3.63, 3.8) is 0 Å². The lowest BCUT2D eigenvalue weighted by molar-refractivity contribution is 1.68. The summed E-state index contributed by atoms with van der Waals surface area (Å²) in [6, 6.07) is 72.7. The smallest absolute Gasteiger partial charge is 0.000697 e. The van der Waals surface area contributed by atoms with Gasteiger partial charge in [0, 0.05) is 0 Å². The summed E-state index contributed by atoms with van der Waals surface area (Å²) in [7, 11) is 0. The van der Waals surface area contributed by atoms with Gasteiger partial charge in [0.15, 0.2) is 0 Å². The van der Waals surface area contributed by atoms with Crippen LogP contribution in [0.25, 0.3) is 130 Å². The number of hydrogen-bond acceptors (Lipinski definition) is 0. The van der Waals surface area contributed by atoms with Gasteiger partial charge in [-0.2, -0.15) is 0 Å². The molecule has 0 aromatic heterocycles. The molecule has 0 atom stereocenters. The van der Waals surface area contributed by atoms with E-state index in [0.29, 0.717) is 0 Å². The predicted octanol–water partition coefficient (Wildman–Crippen LogP) is 15.9. The van der Waals surface area contributed by atoms with E-state index in [4.69, 9.17) is 0 Å². The van der Waals surface area contributed by atoms with Crippen LogP contribution in [0.15, 0.2) is 194 Å². The standard InChI is InChI=1S/C56H32/c1-3-15-34(16-4-1)50-49-32-47-42-22-10-9-21-41(42)44-25-13-26-45(52(44)47)54(49)51(35-17-5-2-6-18-35)56-48-31-37-30-36(39-23-11-19-33-14-7-8-20-38(33)39)28-29-40(37)43-24-12-27-46(53(43)48)55(50)56/h1-32H. The highest BCUT2D eigenvalue weighted by atomic mass is 14.3. The van der Waals surface area contributed by atoms with Crippen LogP contribution in [0.5, 0.6) is 0 Å². The van der Waals surface area contributed by atoms with Crippen LogP contribution in [0.3, 0.4) is 0 Å². The Morgan fingerprint density at radius 3 is 1.50 bits per heavy atom. The van der Waals surface area contributed by atoms with Gasteiger partial charge in [-0.05, 0) is 149 Å². The monoisotopic (exact) mass is 704 g/mol. The first-order valence-electron chi connectivity index (χ1n) is 19.6. The summed E-state index contributed by atoms with van der Waals surface area (Å²) >= 11 is 0. The summed E-state index contributed by atoms with van der Waals surface area (Å²) in [5, 5.41) is 23.7. The van der Waals surface area contributed by atoms with Crippen LogP contribution in [-0.4, -0.2) is 0 Å². The number of hydrogen-bond donors (Lipinski definition) is 0.